The van der Waals surface area contributed by atoms with Gasteiger partial charge in [-0.1, -0.05) is 11.3 Å². The van der Waals surface area contributed by atoms with Crippen LogP contribution in [0.2, 0.25) is 0 Å². The molecule has 0 aliphatic rings. The zero-order valence-electron chi connectivity index (χ0n) is 5.66. The number of hydrogen-bond donors (Lipinski definition) is 0. The minimum atomic E-state index is 0.167. The van der Waals surface area contributed by atoms with Crippen LogP contribution in [-0.2, 0) is 0 Å². The van der Waals surface area contributed by atoms with Gasteiger partial charge in [0.25, 0.3) is 0 Å². The SMILES string of the molecule is C/C=C\C(CN=O)=NC. The molecule has 0 unspecified atom stereocenters. The van der Waals surface area contributed by atoms with Crippen molar-refractivity contribution in [1.29, 1.82) is 0 Å². The van der Waals surface area contributed by atoms with E-state index in [9.17, 15) is 4.91 Å². The molecule has 0 amide bonds. The van der Waals surface area contributed by atoms with Gasteiger partial charge in [-0.25, -0.2) is 0 Å². The van der Waals surface area contributed by atoms with Gasteiger partial charge in [0.05, 0.1) is 5.71 Å². The molecule has 0 aromatic rings. The Morgan fingerprint density at radius 2 is 2.33 bits per heavy atom. The highest BCUT2D eigenvalue weighted by atomic mass is 16.3. The maximum Gasteiger partial charge on any atom is 0.123 e. The molecule has 9 heavy (non-hydrogen) atoms. The lowest BCUT2D eigenvalue weighted by molar-refractivity contribution is 1.25. The maximum absolute atomic E-state index is 9.68. The molecule has 0 N–H and O–H groups in total. The van der Waals surface area contributed by atoms with Gasteiger partial charge in [0.2, 0.25) is 0 Å². The molecule has 0 heterocycles. The normalized spacial score (nSPS) is 12.4. The van der Waals surface area contributed by atoms with Gasteiger partial charge in [0.1, 0.15) is 6.54 Å². The van der Waals surface area contributed by atoms with Crippen LogP contribution in [0.5, 0.6) is 0 Å². The number of hydrogen-bond acceptors (Lipinski definition) is 3. The van der Waals surface area contributed by atoms with E-state index in [4.69, 9.17) is 0 Å². The van der Waals surface area contributed by atoms with Gasteiger partial charge in [-0.2, -0.15) is 4.91 Å². The van der Waals surface area contributed by atoms with Crippen LogP contribution in [0, 0.1) is 4.91 Å². The molecule has 0 aromatic heterocycles. The lowest BCUT2D eigenvalue weighted by Crippen LogP contribution is -1.96. The molecule has 0 atom stereocenters. The largest absolute Gasteiger partial charge is 0.291 e. The molecule has 0 aliphatic carbocycles. The molecule has 0 spiro atoms. The predicted octanol–water partition coefficient (Wildman–Crippen LogP) is 1.40. The van der Waals surface area contributed by atoms with Crippen molar-refractivity contribution < 1.29 is 0 Å². The Morgan fingerprint density at radius 3 is 2.67 bits per heavy atom. The Morgan fingerprint density at radius 1 is 1.67 bits per heavy atom. The predicted molar refractivity (Wildman–Crippen MR) is 38.8 cm³/mol. The van der Waals surface area contributed by atoms with Crippen LogP contribution >= 0.6 is 0 Å². The second kappa shape index (κ2) is 5.15. The van der Waals surface area contributed by atoms with E-state index in [0.717, 1.165) is 0 Å². The minimum absolute atomic E-state index is 0.167. The monoisotopic (exact) mass is 126 g/mol. The summed E-state index contributed by atoms with van der Waals surface area (Å²) in [5.41, 5.74) is 0.715. The van der Waals surface area contributed by atoms with E-state index in [2.05, 4.69) is 10.2 Å². The first-order valence-corrected chi connectivity index (χ1v) is 2.72. The summed E-state index contributed by atoms with van der Waals surface area (Å²) in [7, 11) is 1.64. The topological polar surface area (TPSA) is 41.8 Å². The van der Waals surface area contributed by atoms with Crippen molar-refractivity contribution in [2.45, 2.75) is 6.92 Å². The Hall–Kier alpha value is -0.990. The summed E-state index contributed by atoms with van der Waals surface area (Å²) in [4.78, 5) is 13.5. The molecule has 0 saturated heterocycles. The zero-order chi connectivity index (χ0) is 7.11. The first-order valence-electron chi connectivity index (χ1n) is 2.72. The first kappa shape index (κ1) is 8.01. The zero-order valence-corrected chi connectivity index (χ0v) is 5.66. The third-order valence-corrected chi connectivity index (χ3v) is 0.873. The van der Waals surface area contributed by atoms with E-state index in [0.29, 0.717) is 5.71 Å². The van der Waals surface area contributed by atoms with E-state index < -0.39 is 0 Å². The average Bonchev–Trinajstić information content (AvgIpc) is 1.88. The van der Waals surface area contributed by atoms with Gasteiger partial charge < -0.3 is 0 Å². The molecular weight excluding hydrogens is 116 g/mol. The first-order chi connectivity index (χ1) is 4.35. The van der Waals surface area contributed by atoms with Crippen LogP contribution in [-0.4, -0.2) is 19.3 Å². The lowest BCUT2D eigenvalue weighted by atomic mass is 10.3. The van der Waals surface area contributed by atoms with Gasteiger partial charge >= 0.3 is 0 Å². The third-order valence-electron chi connectivity index (χ3n) is 0.873. The van der Waals surface area contributed by atoms with E-state index in [1.165, 1.54) is 0 Å². The minimum Gasteiger partial charge on any atom is -0.291 e. The van der Waals surface area contributed by atoms with Crippen molar-refractivity contribution in [2.75, 3.05) is 13.6 Å². The van der Waals surface area contributed by atoms with E-state index in [1.54, 1.807) is 13.1 Å². The Balaban J connectivity index is 3.84. The number of nitroso groups, excluding NO2 is 1. The molecule has 0 aliphatic heterocycles. The quantitative estimate of drug-likeness (QED) is 0.416. The molecule has 0 rings (SSSR count). The summed E-state index contributed by atoms with van der Waals surface area (Å²) < 4.78 is 0. The second-order valence-electron chi connectivity index (χ2n) is 1.50. The summed E-state index contributed by atoms with van der Waals surface area (Å²) in [6, 6.07) is 0. The molecule has 0 fully saturated rings. The Labute approximate surface area is 54.5 Å². The van der Waals surface area contributed by atoms with Crippen LogP contribution in [0.4, 0.5) is 0 Å². The van der Waals surface area contributed by atoms with Crippen molar-refractivity contribution >= 4 is 5.71 Å². The maximum atomic E-state index is 9.68. The van der Waals surface area contributed by atoms with Crippen molar-refractivity contribution in [2.24, 2.45) is 10.2 Å². The highest BCUT2D eigenvalue weighted by Crippen LogP contribution is 1.81. The van der Waals surface area contributed by atoms with E-state index in [-0.39, 0.29) is 6.54 Å². The van der Waals surface area contributed by atoms with Crippen LogP contribution < -0.4 is 0 Å². The van der Waals surface area contributed by atoms with E-state index >= 15 is 0 Å². The number of aliphatic imine (C=N–C) groups is 1. The summed E-state index contributed by atoms with van der Waals surface area (Å²) in [5.74, 6) is 0. The fourth-order valence-corrected chi connectivity index (χ4v) is 0.456. The van der Waals surface area contributed by atoms with Crippen LogP contribution in [0.15, 0.2) is 22.3 Å². The Bertz CT molecular complexity index is 138. The highest BCUT2D eigenvalue weighted by molar-refractivity contribution is 5.96. The summed E-state index contributed by atoms with van der Waals surface area (Å²) in [5, 5.41) is 2.69. The van der Waals surface area contributed by atoms with Crippen LogP contribution in [0.25, 0.3) is 0 Å². The fraction of sp³-hybridized carbons (Fsp3) is 0.500. The second-order valence-corrected chi connectivity index (χ2v) is 1.50. The average molecular weight is 126 g/mol. The lowest BCUT2D eigenvalue weighted by Gasteiger charge is -1.87. The van der Waals surface area contributed by atoms with E-state index in [1.807, 2.05) is 13.0 Å². The highest BCUT2D eigenvalue weighted by Gasteiger charge is 1.88. The summed E-state index contributed by atoms with van der Waals surface area (Å²) >= 11 is 0. The van der Waals surface area contributed by atoms with Crippen molar-refractivity contribution in [1.82, 2.24) is 0 Å². The smallest absolute Gasteiger partial charge is 0.123 e. The van der Waals surface area contributed by atoms with Crippen molar-refractivity contribution in [3.8, 4) is 0 Å². The molecule has 0 aromatic carbocycles. The van der Waals surface area contributed by atoms with Gasteiger partial charge in [0.15, 0.2) is 0 Å². The molecule has 0 bridgehead atoms. The number of rotatable bonds is 3. The Kier molecular flexibility index (Phi) is 4.59. The van der Waals surface area contributed by atoms with Crippen LogP contribution in [0.3, 0.4) is 0 Å². The summed E-state index contributed by atoms with van der Waals surface area (Å²) in [6.45, 7) is 2.04. The van der Waals surface area contributed by atoms with Gasteiger partial charge in [0, 0.05) is 7.05 Å². The van der Waals surface area contributed by atoms with Crippen molar-refractivity contribution in [3.63, 3.8) is 0 Å². The van der Waals surface area contributed by atoms with Crippen molar-refractivity contribution in [3.05, 3.63) is 17.1 Å². The summed E-state index contributed by atoms with van der Waals surface area (Å²) in [6.07, 6.45) is 3.59. The van der Waals surface area contributed by atoms with Crippen LogP contribution in [0.1, 0.15) is 6.92 Å². The molecule has 3 nitrogen and oxygen atoms in total. The van der Waals surface area contributed by atoms with Gasteiger partial charge in [-0.05, 0) is 13.0 Å². The number of allylic oxidation sites excluding steroid dienone is 1. The molecular formula is C6H10N2O. The third kappa shape index (κ3) is 3.58. The molecule has 0 radical (unpaired) electrons. The molecule has 50 valence electrons. The molecule has 0 saturated carbocycles. The fourth-order valence-electron chi connectivity index (χ4n) is 0.456. The van der Waals surface area contributed by atoms with Gasteiger partial charge in [-0.15, -0.1) is 0 Å². The number of nitrogens with zero attached hydrogens (tertiary/aromatic N) is 2. The molecule has 3 heteroatoms. The van der Waals surface area contributed by atoms with Gasteiger partial charge in [-0.3, -0.25) is 4.99 Å². The standard InChI is InChI=1S/C6H10N2O/c1-3-4-6(7-2)5-8-9/h3-4H,5H2,1-2H3/b4-3-,7-6?.